The molecule has 0 aromatic heterocycles. The Morgan fingerprint density at radius 3 is 2.50 bits per heavy atom. The van der Waals surface area contributed by atoms with E-state index in [4.69, 9.17) is 26.3 Å². The number of hydroxylamine groups is 1. The largest absolute Gasteiger partial charge is 0.496 e. The van der Waals surface area contributed by atoms with E-state index in [0.717, 1.165) is 11.1 Å². The molecule has 1 amide bonds. The molecule has 0 aliphatic heterocycles. The van der Waals surface area contributed by atoms with Gasteiger partial charge in [-0.2, -0.15) is 0 Å². The number of benzene rings is 2. The summed E-state index contributed by atoms with van der Waals surface area (Å²) in [6.07, 6.45) is 5.53. The van der Waals surface area contributed by atoms with Crippen molar-refractivity contribution in [2.75, 3.05) is 7.11 Å². The Morgan fingerprint density at radius 1 is 1.18 bits per heavy atom. The Balaban J connectivity index is 2.44. The maximum Gasteiger partial charge on any atom is 0.267 e. The molecule has 148 valence electrons. The first-order valence-electron chi connectivity index (χ1n) is 8.77. The fourth-order valence-electron chi connectivity index (χ4n) is 2.56. The average Bonchev–Trinajstić information content (AvgIpc) is 2.69. The number of ether oxygens (including phenoxy) is 2. The van der Waals surface area contributed by atoms with E-state index in [1.54, 1.807) is 18.7 Å². The number of rotatable bonds is 8. The fraction of sp³-hybridized carbons (Fsp3) is 0.227. The summed E-state index contributed by atoms with van der Waals surface area (Å²) in [5.74, 6) is 0.700. The summed E-state index contributed by atoms with van der Waals surface area (Å²) in [5.41, 5.74) is 5.30. The predicted molar refractivity (Wildman–Crippen MR) is 111 cm³/mol. The molecule has 0 aliphatic carbocycles. The normalized spacial score (nSPS) is 10.6. The molecule has 0 heterocycles. The van der Waals surface area contributed by atoms with E-state index in [2.05, 4.69) is 6.08 Å². The molecule has 0 atom stereocenters. The van der Waals surface area contributed by atoms with Gasteiger partial charge in [-0.15, -0.1) is 0 Å². The van der Waals surface area contributed by atoms with Crippen molar-refractivity contribution in [3.05, 3.63) is 75.8 Å². The van der Waals surface area contributed by atoms with Crippen LogP contribution in [0.4, 0.5) is 0 Å². The number of hydrogen-bond donors (Lipinski definition) is 2. The Kier molecular flexibility index (Phi) is 8.11. The van der Waals surface area contributed by atoms with Crippen molar-refractivity contribution < 1.29 is 19.5 Å². The van der Waals surface area contributed by atoms with Crippen molar-refractivity contribution in [1.82, 2.24) is 5.48 Å². The number of carbonyl (C=O) groups excluding carboxylic acids is 1. The predicted octanol–water partition coefficient (Wildman–Crippen LogP) is 4.95. The van der Waals surface area contributed by atoms with Crippen LogP contribution >= 0.6 is 11.6 Å². The van der Waals surface area contributed by atoms with E-state index in [-0.39, 0.29) is 0 Å². The van der Waals surface area contributed by atoms with Gasteiger partial charge in [0.1, 0.15) is 18.1 Å². The maximum absolute atomic E-state index is 11.4. The minimum absolute atomic E-state index is 0.333. The molecule has 2 aromatic carbocycles. The van der Waals surface area contributed by atoms with Gasteiger partial charge < -0.3 is 9.47 Å². The van der Waals surface area contributed by atoms with Crippen LogP contribution in [-0.2, 0) is 17.8 Å². The van der Waals surface area contributed by atoms with Crippen molar-refractivity contribution in [2.45, 2.75) is 26.9 Å². The highest BCUT2D eigenvalue weighted by molar-refractivity contribution is 6.30. The third-order valence-electron chi connectivity index (χ3n) is 4.00. The quantitative estimate of drug-likeness (QED) is 0.284. The lowest BCUT2D eigenvalue weighted by molar-refractivity contribution is -0.124. The lowest BCUT2D eigenvalue weighted by Crippen LogP contribution is -2.14. The molecule has 0 aliphatic rings. The molecule has 0 fully saturated rings. The van der Waals surface area contributed by atoms with Gasteiger partial charge in [-0.1, -0.05) is 35.4 Å². The molecule has 0 saturated heterocycles. The molecule has 2 rings (SSSR count). The monoisotopic (exact) mass is 401 g/mol. The van der Waals surface area contributed by atoms with Gasteiger partial charge in [-0.3, -0.25) is 10.0 Å². The van der Waals surface area contributed by atoms with Crippen LogP contribution in [-0.4, -0.2) is 18.2 Å². The van der Waals surface area contributed by atoms with Crippen molar-refractivity contribution in [2.24, 2.45) is 0 Å². The standard InChI is InChI=1S/C22H24ClNO4/c1-15(2)4-11-19-20(27-3)12-7-17(8-13-21(25)24-26)22(19)28-14-16-5-9-18(23)10-6-16/h4-10,12-13,26H,11,14H2,1-3H3,(H,24,25)/b13-8-. The first-order valence-corrected chi connectivity index (χ1v) is 9.15. The molecule has 0 bridgehead atoms. The van der Waals surface area contributed by atoms with E-state index in [0.29, 0.717) is 35.1 Å². The zero-order valence-corrected chi connectivity index (χ0v) is 16.9. The summed E-state index contributed by atoms with van der Waals surface area (Å²) in [6.45, 7) is 4.38. The molecule has 0 radical (unpaired) electrons. The fourth-order valence-corrected chi connectivity index (χ4v) is 2.69. The van der Waals surface area contributed by atoms with Gasteiger partial charge in [0.15, 0.2) is 0 Å². The van der Waals surface area contributed by atoms with Crippen LogP contribution in [0.15, 0.2) is 54.1 Å². The zero-order valence-electron chi connectivity index (χ0n) is 16.2. The second-order valence-electron chi connectivity index (χ2n) is 6.37. The molecule has 0 saturated carbocycles. The molecule has 0 spiro atoms. The van der Waals surface area contributed by atoms with Crippen molar-refractivity contribution >= 4 is 23.6 Å². The summed E-state index contributed by atoms with van der Waals surface area (Å²) >= 11 is 5.94. The Bertz CT molecular complexity index is 869. The minimum Gasteiger partial charge on any atom is -0.496 e. The van der Waals surface area contributed by atoms with Crippen LogP contribution in [0.1, 0.15) is 30.5 Å². The molecular formula is C22H24ClNO4. The molecule has 2 N–H and O–H groups in total. The van der Waals surface area contributed by atoms with Crippen LogP contribution in [0.3, 0.4) is 0 Å². The molecule has 6 heteroatoms. The second kappa shape index (κ2) is 10.5. The van der Waals surface area contributed by atoms with E-state index >= 15 is 0 Å². The highest BCUT2D eigenvalue weighted by Crippen LogP contribution is 2.35. The number of halogens is 1. The van der Waals surface area contributed by atoms with Gasteiger partial charge in [0.2, 0.25) is 0 Å². The third-order valence-corrected chi connectivity index (χ3v) is 4.26. The number of methoxy groups -OCH3 is 1. The first kappa shape index (κ1) is 21.5. The summed E-state index contributed by atoms with van der Waals surface area (Å²) in [6, 6.07) is 11.0. The number of nitrogens with one attached hydrogen (secondary N) is 1. The first-order chi connectivity index (χ1) is 13.4. The van der Waals surface area contributed by atoms with E-state index in [9.17, 15) is 4.79 Å². The van der Waals surface area contributed by atoms with Crippen LogP contribution in [0.25, 0.3) is 6.08 Å². The number of hydrogen-bond acceptors (Lipinski definition) is 4. The summed E-state index contributed by atoms with van der Waals surface area (Å²) in [7, 11) is 1.61. The van der Waals surface area contributed by atoms with E-state index in [1.165, 1.54) is 11.6 Å². The lowest BCUT2D eigenvalue weighted by Gasteiger charge is -2.17. The number of carbonyl (C=O) groups is 1. The van der Waals surface area contributed by atoms with Gasteiger partial charge in [0, 0.05) is 22.2 Å². The Labute approximate surface area is 170 Å². The molecule has 28 heavy (non-hydrogen) atoms. The molecule has 0 unspecified atom stereocenters. The van der Waals surface area contributed by atoms with Gasteiger partial charge in [0.25, 0.3) is 5.91 Å². The highest BCUT2D eigenvalue weighted by Gasteiger charge is 2.14. The molecular weight excluding hydrogens is 378 g/mol. The van der Waals surface area contributed by atoms with E-state index < -0.39 is 5.91 Å². The lowest BCUT2D eigenvalue weighted by atomic mass is 10.0. The Morgan fingerprint density at radius 2 is 1.89 bits per heavy atom. The van der Waals surface area contributed by atoms with Crippen molar-refractivity contribution in [1.29, 1.82) is 0 Å². The second-order valence-corrected chi connectivity index (χ2v) is 6.81. The van der Waals surface area contributed by atoms with E-state index in [1.807, 2.05) is 50.2 Å². The summed E-state index contributed by atoms with van der Waals surface area (Å²) < 4.78 is 11.7. The van der Waals surface area contributed by atoms with Crippen LogP contribution < -0.4 is 15.0 Å². The van der Waals surface area contributed by atoms with Crippen molar-refractivity contribution in [3.8, 4) is 11.5 Å². The van der Waals surface area contributed by atoms with Crippen LogP contribution in [0, 0.1) is 0 Å². The maximum atomic E-state index is 11.4. The molecule has 2 aromatic rings. The number of amides is 1. The average molecular weight is 402 g/mol. The van der Waals surface area contributed by atoms with Gasteiger partial charge in [-0.05, 0) is 56.2 Å². The topological polar surface area (TPSA) is 67.8 Å². The number of allylic oxidation sites excluding steroid dienone is 2. The summed E-state index contributed by atoms with van der Waals surface area (Å²) in [5, 5.41) is 9.38. The smallest absolute Gasteiger partial charge is 0.267 e. The zero-order chi connectivity index (χ0) is 20.5. The Hall–Kier alpha value is -2.76. The van der Waals surface area contributed by atoms with Gasteiger partial charge in [0.05, 0.1) is 7.11 Å². The minimum atomic E-state index is -0.620. The highest BCUT2D eigenvalue weighted by atomic mass is 35.5. The van der Waals surface area contributed by atoms with Crippen molar-refractivity contribution in [3.63, 3.8) is 0 Å². The SMILES string of the molecule is COc1ccc(/C=C\C(=O)NO)c(OCc2ccc(Cl)cc2)c1CC=C(C)C. The third kappa shape index (κ3) is 6.15. The summed E-state index contributed by atoms with van der Waals surface area (Å²) in [4.78, 5) is 11.4. The molecule has 5 nitrogen and oxygen atoms in total. The van der Waals surface area contributed by atoms with Crippen LogP contribution in [0.5, 0.6) is 11.5 Å². The van der Waals surface area contributed by atoms with Crippen LogP contribution in [0.2, 0.25) is 5.02 Å². The van der Waals surface area contributed by atoms with Gasteiger partial charge in [-0.25, -0.2) is 5.48 Å². The van der Waals surface area contributed by atoms with Gasteiger partial charge >= 0.3 is 0 Å².